The van der Waals surface area contributed by atoms with Gasteiger partial charge < -0.3 is 19.9 Å². The fourth-order valence-corrected chi connectivity index (χ4v) is 9.66. The number of allylic oxidation sites excluding steroid dienone is 8. The van der Waals surface area contributed by atoms with Crippen molar-refractivity contribution in [3.63, 3.8) is 0 Å². The van der Waals surface area contributed by atoms with Crippen LogP contribution in [0.4, 0.5) is 11.4 Å². The van der Waals surface area contributed by atoms with Crippen LogP contribution in [0.2, 0.25) is 0 Å². The number of anilines is 2. The maximum absolute atomic E-state index is 7.32. The van der Waals surface area contributed by atoms with Crippen molar-refractivity contribution in [1.29, 1.82) is 0 Å². The molecule has 0 fully saturated rings. The van der Waals surface area contributed by atoms with Gasteiger partial charge in [0.25, 0.3) is 0 Å². The zero-order chi connectivity index (χ0) is 38.1. The number of fused-ring (bicyclic) bond motifs is 4. The Balaban J connectivity index is 1.08. The van der Waals surface area contributed by atoms with Crippen LogP contribution in [-0.4, -0.2) is 16.7 Å². The summed E-state index contributed by atoms with van der Waals surface area (Å²) in [6, 6.07) is 48.1. The SMILES string of the molecule is NC1=C(C2=CC(N(c3ccccc3)c3ccc(-n4c5ccccc5c5ccccc54)cc3)CC(C3=CCCCC3)=C2)C=C2C=CCCC2C1OCc1ccccc1. The van der Waals surface area contributed by atoms with Crippen LogP contribution in [0.15, 0.2) is 203 Å². The quantitative estimate of drug-likeness (QED) is 0.160. The molecule has 0 aliphatic heterocycles. The smallest absolute Gasteiger partial charge is 0.105 e. The molecule has 4 aliphatic rings. The number of aromatic nitrogens is 1. The summed E-state index contributed by atoms with van der Waals surface area (Å²) in [7, 11) is 0. The number of benzene rings is 5. The average Bonchev–Trinajstić information content (AvgIpc) is 3.61. The molecule has 6 aromatic rings. The Labute approximate surface area is 336 Å². The summed E-state index contributed by atoms with van der Waals surface area (Å²) in [4.78, 5) is 2.53. The van der Waals surface area contributed by atoms with Gasteiger partial charge in [0.1, 0.15) is 6.10 Å². The van der Waals surface area contributed by atoms with Crippen LogP contribution >= 0.6 is 0 Å². The molecule has 2 N–H and O–H groups in total. The van der Waals surface area contributed by atoms with Gasteiger partial charge in [-0.25, -0.2) is 0 Å². The molecular weight excluding hydrogens is 695 g/mol. The van der Waals surface area contributed by atoms with Gasteiger partial charge in [0, 0.05) is 45.0 Å². The number of para-hydroxylation sites is 3. The highest BCUT2D eigenvalue weighted by Crippen LogP contribution is 2.43. The molecule has 57 heavy (non-hydrogen) atoms. The Morgan fingerprint density at radius 2 is 1.37 bits per heavy atom. The van der Waals surface area contributed by atoms with E-state index in [0.717, 1.165) is 54.7 Å². The van der Waals surface area contributed by atoms with Crippen molar-refractivity contribution in [3.8, 4) is 5.69 Å². The van der Waals surface area contributed by atoms with Crippen LogP contribution in [-0.2, 0) is 11.3 Å². The van der Waals surface area contributed by atoms with Crippen molar-refractivity contribution in [2.45, 2.75) is 63.7 Å². The van der Waals surface area contributed by atoms with E-state index in [-0.39, 0.29) is 18.1 Å². The van der Waals surface area contributed by atoms with Crippen LogP contribution in [0, 0.1) is 5.92 Å². The Bertz CT molecular complexity index is 2570. The summed E-state index contributed by atoms with van der Waals surface area (Å²) in [6.45, 7) is 0.537. The zero-order valence-electron chi connectivity index (χ0n) is 32.4. The normalized spacial score (nSPS) is 20.8. The average molecular weight is 744 g/mol. The Morgan fingerprint density at radius 3 is 2.09 bits per heavy atom. The minimum atomic E-state index is -0.184. The molecule has 5 aromatic carbocycles. The van der Waals surface area contributed by atoms with E-state index in [1.54, 1.807) is 0 Å². The molecule has 282 valence electrons. The lowest BCUT2D eigenvalue weighted by molar-refractivity contribution is 0.0303. The van der Waals surface area contributed by atoms with Crippen molar-refractivity contribution in [2.24, 2.45) is 11.7 Å². The maximum atomic E-state index is 7.32. The van der Waals surface area contributed by atoms with Gasteiger partial charge in [0.15, 0.2) is 0 Å². The van der Waals surface area contributed by atoms with Gasteiger partial charge in [-0.3, -0.25) is 0 Å². The van der Waals surface area contributed by atoms with E-state index in [2.05, 4.69) is 179 Å². The highest BCUT2D eigenvalue weighted by atomic mass is 16.5. The summed E-state index contributed by atoms with van der Waals surface area (Å²) in [5, 5.41) is 2.54. The molecule has 0 saturated carbocycles. The fraction of sp³-hybridized carbons (Fsp3) is 0.208. The Morgan fingerprint density at radius 1 is 0.684 bits per heavy atom. The minimum Gasteiger partial charge on any atom is -0.399 e. The molecule has 4 heteroatoms. The van der Waals surface area contributed by atoms with E-state index < -0.39 is 0 Å². The highest BCUT2D eigenvalue weighted by Gasteiger charge is 2.35. The monoisotopic (exact) mass is 743 g/mol. The lowest BCUT2D eigenvalue weighted by Gasteiger charge is -2.38. The molecule has 4 aliphatic carbocycles. The van der Waals surface area contributed by atoms with E-state index in [1.165, 1.54) is 68.2 Å². The summed E-state index contributed by atoms with van der Waals surface area (Å²) in [6.07, 6.45) is 22.0. The minimum absolute atomic E-state index is 0.0614. The summed E-state index contributed by atoms with van der Waals surface area (Å²) < 4.78 is 9.19. The molecule has 3 unspecified atom stereocenters. The first kappa shape index (κ1) is 35.3. The molecule has 4 nitrogen and oxygen atoms in total. The summed E-state index contributed by atoms with van der Waals surface area (Å²) in [5.41, 5.74) is 21.8. The first-order valence-electron chi connectivity index (χ1n) is 20.8. The van der Waals surface area contributed by atoms with Crippen LogP contribution in [0.3, 0.4) is 0 Å². The molecule has 3 atom stereocenters. The number of ether oxygens (including phenoxy) is 1. The number of nitrogens with zero attached hydrogens (tertiary/aromatic N) is 2. The zero-order valence-corrected chi connectivity index (χ0v) is 32.4. The standard InChI is InChI=1S/C53H49N3O/c54-52-49(35-39-20-10-11-23-46(39)53(52)57-36-37-16-4-1-5-17-37)41-32-40(38-18-6-2-7-19-38)33-45(34-41)55(42-21-8-3-9-22-42)43-28-30-44(31-29-43)56-50-26-14-12-24-47(50)48-25-13-15-27-51(48)56/h1,3-5,8-10,12-18,20-22,24-32,34-35,45-46,53H,2,6-7,11,19,23,33,36,54H2. The molecule has 0 radical (unpaired) electrons. The second kappa shape index (κ2) is 15.4. The van der Waals surface area contributed by atoms with E-state index >= 15 is 0 Å². The topological polar surface area (TPSA) is 43.4 Å². The van der Waals surface area contributed by atoms with Gasteiger partial charge in [0.05, 0.1) is 23.7 Å². The third-order valence-electron chi connectivity index (χ3n) is 12.4. The first-order valence-corrected chi connectivity index (χ1v) is 20.8. The van der Waals surface area contributed by atoms with Gasteiger partial charge in [-0.05, 0) is 127 Å². The molecular formula is C53H49N3O. The molecule has 1 heterocycles. The molecule has 10 rings (SSSR count). The molecule has 0 spiro atoms. The van der Waals surface area contributed by atoms with Crippen molar-refractivity contribution in [3.05, 3.63) is 209 Å². The lowest BCUT2D eigenvalue weighted by Crippen LogP contribution is -2.36. The largest absolute Gasteiger partial charge is 0.399 e. The van der Waals surface area contributed by atoms with Crippen LogP contribution in [0.1, 0.15) is 50.5 Å². The summed E-state index contributed by atoms with van der Waals surface area (Å²) in [5.74, 6) is 0.251. The predicted octanol–water partition coefficient (Wildman–Crippen LogP) is 12.8. The highest BCUT2D eigenvalue weighted by molar-refractivity contribution is 6.09. The van der Waals surface area contributed by atoms with Gasteiger partial charge in [-0.1, -0.05) is 115 Å². The first-order chi connectivity index (χ1) is 28.2. The number of rotatable bonds is 9. The summed E-state index contributed by atoms with van der Waals surface area (Å²) >= 11 is 0. The van der Waals surface area contributed by atoms with E-state index in [1.807, 2.05) is 0 Å². The van der Waals surface area contributed by atoms with Gasteiger partial charge in [-0.2, -0.15) is 0 Å². The molecule has 0 saturated heterocycles. The Hall–Kier alpha value is -6.10. The van der Waals surface area contributed by atoms with E-state index in [0.29, 0.717) is 6.61 Å². The maximum Gasteiger partial charge on any atom is 0.105 e. The molecule has 1 aromatic heterocycles. The fourth-order valence-electron chi connectivity index (χ4n) is 9.66. The van der Waals surface area contributed by atoms with Crippen LogP contribution in [0.5, 0.6) is 0 Å². The molecule has 0 bridgehead atoms. The predicted molar refractivity (Wildman–Crippen MR) is 237 cm³/mol. The van der Waals surface area contributed by atoms with Crippen molar-refractivity contribution >= 4 is 33.2 Å². The van der Waals surface area contributed by atoms with Gasteiger partial charge >= 0.3 is 0 Å². The van der Waals surface area contributed by atoms with Crippen LogP contribution < -0.4 is 10.6 Å². The molecule has 0 amide bonds. The van der Waals surface area contributed by atoms with Crippen molar-refractivity contribution in [1.82, 2.24) is 4.57 Å². The lowest BCUT2D eigenvalue weighted by atomic mass is 9.75. The van der Waals surface area contributed by atoms with E-state index in [4.69, 9.17) is 10.5 Å². The number of nitrogens with two attached hydrogens (primary N) is 1. The van der Waals surface area contributed by atoms with Crippen molar-refractivity contribution < 1.29 is 4.74 Å². The number of hydrogen-bond acceptors (Lipinski definition) is 3. The van der Waals surface area contributed by atoms with Gasteiger partial charge in [-0.15, -0.1) is 0 Å². The Kier molecular flexibility index (Phi) is 9.57. The third kappa shape index (κ3) is 6.79. The van der Waals surface area contributed by atoms with E-state index in [9.17, 15) is 0 Å². The van der Waals surface area contributed by atoms with Gasteiger partial charge in [0.2, 0.25) is 0 Å². The van der Waals surface area contributed by atoms with Crippen LogP contribution in [0.25, 0.3) is 27.5 Å². The second-order valence-electron chi connectivity index (χ2n) is 15.9. The third-order valence-corrected chi connectivity index (χ3v) is 12.4. The number of hydrogen-bond donors (Lipinski definition) is 1. The second-order valence-corrected chi connectivity index (χ2v) is 15.9. The van der Waals surface area contributed by atoms with Crippen molar-refractivity contribution in [2.75, 3.05) is 4.90 Å².